The van der Waals surface area contributed by atoms with Crippen LogP contribution in [-0.4, -0.2) is 39.2 Å². The molecule has 0 saturated carbocycles. The SMILES string of the molecule is CC1Cc2cc3c(cc2C(c2ccc(N)cc2)=NN1c1nn[nH]n1)OCO3. The van der Waals surface area contributed by atoms with Gasteiger partial charge in [0.15, 0.2) is 11.5 Å². The van der Waals surface area contributed by atoms with E-state index in [-0.39, 0.29) is 12.8 Å². The summed E-state index contributed by atoms with van der Waals surface area (Å²) in [5.41, 5.74) is 10.4. The first-order valence-corrected chi connectivity index (χ1v) is 8.59. The summed E-state index contributed by atoms with van der Waals surface area (Å²) in [5.74, 6) is 1.89. The first-order chi connectivity index (χ1) is 13.2. The zero-order chi connectivity index (χ0) is 18.4. The van der Waals surface area contributed by atoms with E-state index in [1.54, 1.807) is 5.01 Å². The lowest BCUT2D eigenvalue weighted by Gasteiger charge is -2.21. The lowest BCUT2D eigenvalue weighted by Crippen LogP contribution is -2.30. The Hall–Kier alpha value is -3.62. The number of nitrogens with two attached hydrogens (primary N) is 1. The number of H-pyrrole nitrogens is 1. The summed E-state index contributed by atoms with van der Waals surface area (Å²) in [7, 11) is 0. The number of nitrogens with zero attached hydrogens (tertiary/aromatic N) is 5. The number of nitrogen functional groups attached to an aromatic ring is 1. The van der Waals surface area contributed by atoms with Crippen LogP contribution < -0.4 is 20.2 Å². The highest BCUT2D eigenvalue weighted by atomic mass is 16.7. The number of nitrogens with one attached hydrogen (secondary N) is 1. The topological polar surface area (TPSA) is 115 Å². The van der Waals surface area contributed by atoms with Crippen molar-refractivity contribution in [1.82, 2.24) is 20.6 Å². The van der Waals surface area contributed by atoms with Gasteiger partial charge in [-0.2, -0.15) is 10.3 Å². The Morgan fingerprint density at radius 3 is 2.67 bits per heavy atom. The number of tetrazole rings is 1. The molecular weight excluding hydrogens is 346 g/mol. The fourth-order valence-electron chi connectivity index (χ4n) is 3.39. The Balaban J connectivity index is 1.71. The van der Waals surface area contributed by atoms with Gasteiger partial charge in [-0.1, -0.05) is 17.2 Å². The van der Waals surface area contributed by atoms with Crippen LogP contribution in [0.1, 0.15) is 23.6 Å². The molecule has 5 rings (SSSR count). The van der Waals surface area contributed by atoms with Gasteiger partial charge in [-0.15, -0.1) is 5.10 Å². The van der Waals surface area contributed by atoms with Gasteiger partial charge in [-0.3, -0.25) is 0 Å². The molecule has 0 spiro atoms. The second kappa shape index (κ2) is 5.97. The standard InChI is InChI=1S/C18H17N7O2/c1-10-6-12-7-15-16(27-9-26-15)8-14(12)17(11-2-4-13(19)5-3-11)22-25(10)18-20-23-24-21-18/h2-5,7-8,10H,6,9,19H2,1H3,(H,20,21,23,24). The lowest BCUT2D eigenvalue weighted by molar-refractivity contribution is 0.174. The Morgan fingerprint density at radius 2 is 1.93 bits per heavy atom. The van der Waals surface area contributed by atoms with Crippen molar-refractivity contribution < 1.29 is 9.47 Å². The molecule has 3 N–H and O–H groups in total. The van der Waals surface area contributed by atoms with Crippen molar-refractivity contribution in [3.8, 4) is 11.5 Å². The number of hydrogen-bond acceptors (Lipinski definition) is 8. The quantitative estimate of drug-likeness (QED) is 0.666. The Labute approximate surface area is 154 Å². The third-order valence-electron chi connectivity index (χ3n) is 4.72. The van der Waals surface area contributed by atoms with Crippen molar-refractivity contribution in [1.29, 1.82) is 0 Å². The van der Waals surface area contributed by atoms with E-state index in [0.717, 1.165) is 40.3 Å². The van der Waals surface area contributed by atoms with Gasteiger partial charge in [-0.25, -0.2) is 5.01 Å². The van der Waals surface area contributed by atoms with E-state index in [1.165, 1.54) is 0 Å². The number of ether oxygens (including phenoxy) is 2. The average Bonchev–Trinajstić information content (AvgIpc) is 3.32. The minimum atomic E-state index is 0.0213. The van der Waals surface area contributed by atoms with Gasteiger partial charge >= 0.3 is 0 Å². The van der Waals surface area contributed by atoms with Crippen molar-refractivity contribution in [2.75, 3.05) is 17.5 Å². The number of anilines is 2. The number of aromatic nitrogens is 4. The van der Waals surface area contributed by atoms with Crippen LogP contribution in [0.25, 0.3) is 0 Å². The van der Waals surface area contributed by atoms with Crippen molar-refractivity contribution in [2.24, 2.45) is 5.10 Å². The summed E-state index contributed by atoms with van der Waals surface area (Å²) in [6.45, 7) is 2.30. The van der Waals surface area contributed by atoms with Crippen molar-refractivity contribution >= 4 is 17.3 Å². The third kappa shape index (κ3) is 2.64. The molecule has 3 heterocycles. The molecular formula is C18H17N7O2. The Morgan fingerprint density at radius 1 is 1.15 bits per heavy atom. The Bertz CT molecular complexity index is 1010. The summed E-state index contributed by atoms with van der Waals surface area (Å²) >= 11 is 0. The van der Waals surface area contributed by atoms with Crippen LogP contribution in [-0.2, 0) is 6.42 Å². The van der Waals surface area contributed by atoms with Gasteiger partial charge in [0.05, 0.1) is 11.8 Å². The van der Waals surface area contributed by atoms with Crippen LogP contribution in [0.4, 0.5) is 11.6 Å². The van der Waals surface area contributed by atoms with Gasteiger partial charge in [0, 0.05) is 16.8 Å². The predicted octanol–water partition coefficient (Wildman–Crippen LogP) is 1.71. The van der Waals surface area contributed by atoms with E-state index in [1.807, 2.05) is 36.4 Å². The third-order valence-corrected chi connectivity index (χ3v) is 4.72. The zero-order valence-corrected chi connectivity index (χ0v) is 14.6. The summed E-state index contributed by atoms with van der Waals surface area (Å²) < 4.78 is 11.1. The number of benzene rings is 2. The molecule has 0 saturated heterocycles. The molecule has 3 aromatic rings. The maximum Gasteiger partial charge on any atom is 0.286 e. The van der Waals surface area contributed by atoms with Crippen LogP contribution in [0, 0.1) is 0 Å². The van der Waals surface area contributed by atoms with Gasteiger partial charge in [0.1, 0.15) is 0 Å². The van der Waals surface area contributed by atoms with Crippen LogP contribution in [0.5, 0.6) is 11.5 Å². The zero-order valence-electron chi connectivity index (χ0n) is 14.6. The highest BCUT2D eigenvalue weighted by Gasteiger charge is 2.29. The molecule has 0 amide bonds. The van der Waals surface area contributed by atoms with Crippen molar-refractivity contribution in [3.63, 3.8) is 0 Å². The summed E-state index contributed by atoms with van der Waals surface area (Å²) in [4.78, 5) is 0. The van der Waals surface area contributed by atoms with E-state index in [9.17, 15) is 0 Å². The summed E-state index contributed by atoms with van der Waals surface area (Å²) in [6, 6.07) is 11.7. The first-order valence-electron chi connectivity index (χ1n) is 8.59. The normalized spacial score (nSPS) is 18.0. The molecule has 2 aliphatic rings. The molecule has 0 fully saturated rings. The molecule has 1 aromatic heterocycles. The number of hydrogen-bond donors (Lipinski definition) is 2. The second-order valence-electron chi connectivity index (χ2n) is 6.54. The van der Waals surface area contributed by atoms with Crippen LogP contribution in [0.3, 0.4) is 0 Å². The predicted molar refractivity (Wildman–Crippen MR) is 98.9 cm³/mol. The smallest absolute Gasteiger partial charge is 0.286 e. The number of rotatable bonds is 2. The van der Waals surface area contributed by atoms with Crippen LogP contribution in [0.2, 0.25) is 0 Å². The molecule has 1 unspecified atom stereocenters. The molecule has 9 heteroatoms. The van der Waals surface area contributed by atoms with Crippen LogP contribution >= 0.6 is 0 Å². The molecule has 27 heavy (non-hydrogen) atoms. The molecule has 136 valence electrons. The molecule has 2 aromatic carbocycles. The fraction of sp³-hybridized carbons (Fsp3) is 0.222. The summed E-state index contributed by atoms with van der Waals surface area (Å²) in [6.07, 6.45) is 0.739. The molecule has 1 atom stereocenters. The maximum absolute atomic E-state index is 5.86. The first kappa shape index (κ1) is 15.6. The Kier molecular flexibility index (Phi) is 3.46. The minimum absolute atomic E-state index is 0.0213. The minimum Gasteiger partial charge on any atom is -0.454 e. The van der Waals surface area contributed by atoms with Crippen LogP contribution in [0.15, 0.2) is 41.5 Å². The van der Waals surface area contributed by atoms with E-state index >= 15 is 0 Å². The number of hydrazone groups is 1. The highest BCUT2D eigenvalue weighted by molar-refractivity contribution is 6.14. The van der Waals surface area contributed by atoms with Gasteiger partial charge < -0.3 is 15.2 Å². The average molecular weight is 363 g/mol. The largest absolute Gasteiger partial charge is 0.454 e. The molecule has 9 nitrogen and oxygen atoms in total. The van der Waals surface area contributed by atoms with Gasteiger partial charge in [-0.05, 0) is 48.4 Å². The molecule has 0 radical (unpaired) electrons. The van der Waals surface area contributed by atoms with E-state index in [2.05, 4.69) is 27.5 Å². The fourth-order valence-corrected chi connectivity index (χ4v) is 3.39. The van der Waals surface area contributed by atoms with Gasteiger partial charge in [0.2, 0.25) is 6.79 Å². The van der Waals surface area contributed by atoms with Crippen molar-refractivity contribution in [2.45, 2.75) is 19.4 Å². The number of aromatic amines is 1. The molecule has 0 aliphatic carbocycles. The molecule has 2 aliphatic heterocycles. The maximum atomic E-state index is 5.86. The lowest BCUT2D eigenvalue weighted by atomic mass is 9.94. The van der Waals surface area contributed by atoms with E-state index < -0.39 is 0 Å². The second-order valence-corrected chi connectivity index (χ2v) is 6.54. The summed E-state index contributed by atoms with van der Waals surface area (Å²) in [5, 5.41) is 21.0. The van der Waals surface area contributed by atoms with Gasteiger partial charge in [0.25, 0.3) is 5.95 Å². The monoisotopic (exact) mass is 363 g/mol. The van der Waals surface area contributed by atoms with E-state index in [4.69, 9.17) is 20.3 Å². The van der Waals surface area contributed by atoms with Crippen molar-refractivity contribution in [3.05, 3.63) is 53.1 Å². The van der Waals surface area contributed by atoms with E-state index in [0.29, 0.717) is 11.6 Å². The highest BCUT2D eigenvalue weighted by Crippen LogP contribution is 2.38. The number of fused-ring (bicyclic) bond motifs is 2. The molecule has 0 bridgehead atoms.